The van der Waals surface area contributed by atoms with Crippen LogP contribution < -0.4 is 15.5 Å². The molecule has 1 aliphatic rings. The molecule has 0 atom stereocenters. The van der Waals surface area contributed by atoms with E-state index in [1.807, 2.05) is 42.5 Å². The first kappa shape index (κ1) is 21.6. The number of benzene rings is 3. The van der Waals surface area contributed by atoms with Crippen molar-refractivity contribution in [2.45, 2.75) is 19.5 Å². The Labute approximate surface area is 197 Å². The number of carbonyl (C=O) groups is 1. The number of halogens is 1. The van der Waals surface area contributed by atoms with Crippen LogP contribution >= 0.6 is 0 Å². The second-order valence-corrected chi connectivity index (χ2v) is 8.11. The summed E-state index contributed by atoms with van der Waals surface area (Å²) in [5.41, 5.74) is 4.56. The van der Waals surface area contributed by atoms with Crippen LogP contribution in [0.2, 0.25) is 0 Å². The summed E-state index contributed by atoms with van der Waals surface area (Å²) >= 11 is 0. The van der Waals surface area contributed by atoms with Crippen molar-refractivity contribution >= 4 is 23.4 Å². The second kappa shape index (κ2) is 9.70. The van der Waals surface area contributed by atoms with E-state index in [9.17, 15) is 9.18 Å². The molecule has 0 saturated carbocycles. The number of amides is 1. The van der Waals surface area contributed by atoms with Gasteiger partial charge in [0.25, 0.3) is 5.91 Å². The summed E-state index contributed by atoms with van der Waals surface area (Å²) in [4.78, 5) is 24.3. The van der Waals surface area contributed by atoms with Crippen LogP contribution in [0.1, 0.15) is 27.0 Å². The molecule has 0 bridgehead atoms. The number of hydrogen-bond donors (Lipinski definition) is 2. The van der Waals surface area contributed by atoms with E-state index < -0.39 is 0 Å². The summed E-state index contributed by atoms with van der Waals surface area (Å²) in [6, 6.07) is 24.1. The molecule has 4 aromatic rings. The lowest BCUT2D eigenvalue weighted by atomic mass is 10.2. The highest BCUT2D eigenvalue weighted by molar-refractivity contribution is 5.98. The largest absolute Gasteiger partial charge is 0.365 e. The van der Waals surface area contributed by atoms with Gasteiger partial charge in [-0.1, -0.05) is 60.7 Å². The molecule has 0 fully saturated rings. The van der Waals surface area contributed by atoms with Crippen LogP contribution in [0.15, 0.2) is 85.1 Å². The van der Waals surface area contributed by atoms with Crippen LogP contribution in [-0.2, 0) is 19.5 Å². The molecule has 3 aromatic carbocycles. The SMILES string of the molecule is O=C(NCc1ccccc1)c1cnc(N2CCc3ccccc32)nc1NCc1ccc(F)cc1. The number of hydrogen-bond acceptors (Lipinski definition) is 5. The molecule has 2 heterocycles. The average Bonchev–Trinajstić information content (AvgIpc) is 3.32. The third kappa shape index (κ3) is 4.73. The molecule has 0 aliphatic carbocycles. The highest BCUT2D eigenvalue weighted by atomic mass is 19.1. The molecule has 0 radical (unpaired) electrons. The number of nitrogens with one attached hydrogen (secondary N) is 2. The molecule has 34 heavy (non-hydrogen) atoms. The minimum Gasteiger partial charge on any atom is -0.365 e. The number of fused-ring (bicyclic) bond motifs is 1. The fourth-order valence-electron chi connectivity index (χ4n) is 4.01. The lowest BCUT2D eigenvalue weighted by molar-refractivity contribution is 0.0951. The fraction of sp³-hybridized carbons (Fsp3) is 0.148. The molecule has 0 unspecified atom stereocenters. The molecule has 170 valence electrons. The van der Waals surface area contributed by atoms with Gasteiger partial charge in [0.1, 0.15) is 17.2 Å². The summed E-state index contributed by atoms with van der Waals surface area (Å²) in [6.07, 6.45) is 2.48. The monoisotopic (exact) mass is 453 g/mol. The van der Waals surface area contributed by atoms with E-state index in [1.54, 1.807) is 18.3 Å². The van der Waals surface area contributed by atoms with Crippen molar-refractivity contribution in [3.05, 3.63) is 113 Å². The van der Waals surface area contributed by atoms with Gasteiger partial charge in [-0.2, -0.15) is 4.98 Å². The predicted molar refractivity (Wildman–Crippen MR) is 131 cm³/mol. The molecule has 0 spiro atoms. The van der Waals surface area contributed by atoms with Crippen LogP contribution in [-0.4, -0.2) is 22.4 Å². The summed E-state index contributed by atoms with van der Waals surface area (Å²) in [5.74, 6) is 0.413. The van der Waals surface area contributed by atoms with Crippen molar-refractivity contribution in [1.29, 1.82) is 0 Å². The first-order valence-corrected chi connectivity index (χ1v) is 11.2. The summed E-state index contributed by atoms with van der Waals surface area (Å²) in [5, 5.41) is 6.20. The van der Waals surface area contributed by atoms with Gasteiger partial charge in [0.2, 0.25) is 5.95 Å². The minimum atomic E-state index is -0.290. The van der Waals surface area contributed by atoms with E-state index >= 15 is 0 Å². The normalized spacial score (nSPS) is 12.3. The van der Waals surface area contributed by atoms with E-state index in [-0.39, 0.29) is 11.7 Å². The van der Waals surface area contributed by atoms with E-state index in [4.69, 9.17) is 4.98 Å². The molecule has 1 amide bonds. The van der Waals surface area contributed by atoms with Crippen molar-refractivity contribution in [3.63, 3.8) is 0 Å². The smallest absolute Gasteiger partial charge is 0.256 e. The number of rotatable bonds is 7. The molecule has 0 saturated heterocycles. The van der Waals surface area contributed by atoms with E-state index in [1.165, 1.54) is 17.7 Å². The van der Waals surface area contributed by atoms with E-state index in [0.717, 1.165) is 29.8 Å². The van der Waals surface area contributed by atoms with Gasteiger partial charge in [-0.25, -0.2) is 9.37 Å². The van der Waals surface area contributed by atoms with Crippen LogP contribution in [0.25, 0.3) is 0 Å². The molecular weight excluding hydrogens is 429 g/mol. The second-order valence-electron chi connectivity index (χ2n) is 8.11. The number of para-hydroxylation sites is 1. The zero-order valence-corrected chi connectivity index (χ0v) is 18.5. The van der Waals surface area contributed by atoms with Crippen molar-refractivity contribution in [3.8, 4) is 0 Å². The van der Waals surface area contributed by atoms with Crippen molar-refractivity contribution in [2.75, 3.05) is 16.8 Å². The molecule has 7 heteroatoms. The van der Waals surface area contributed by atoms with Gasteiger partial charge in [0.05, 0.1) is 0 Å². The standard InChI is InChI=1S/C27H24FN5O/c28-22-12-10-20(11-13-22)16-29-25-23(26(34)30-17-19-6-2-1-3-7-19)18-31-27(32-25)33-15-14-21-8-4-5-9-24(21)33/h1-13,18H,14-17H2,(H,30,34)(H,29,31,32). The lowest BCUT2D eigenvalue weighted by Crippen LogP contribution is -2.25. The van der Waals surface area contributed by atoms with Gasteiger partial charge in [-0.15, -0.1) is 0 Å². The Morgan fingerprint density at radius 2 is 1.65 bits per heavy atom. The number of carbonyl (C=O) groups excluding carboxylic acids is 1. The highest BCUT2D eigenvalue weighted by Crippen LogP contribution is 2.33. The maximum atomic E-state index is 13.3. The van der Waals surface area contributed by atoms with Gasteiger partial charge in [0.15, 0.2) is 0 Å². The van der Waals surface area contributed by atoms with Crippen LogP contribution in [0.3, 0.4) is 0 Å². The zero-order valence-electron chi connectivity index (χ0n) is 18.5. The molecule has 1 aromatic heterocycles. The Kier molecular flexibility index (Phi) is 6.16. The topological polar surface area (TPSA) is 70.2 Å². The third-order valence-corrected chi connectivity index (χ3v) is 5.82. The Balaban J connectivity index is 1.41. The fourth-order valence-corrected chi connectivity index (χ4v) is 4.01. The van der Waals surface area contributed by atoms with Crippen molar-refractivity contribution < 1.29 is 9.18 Å². The summed E-state index contributed by atoms with van der Waals surface area (Å²) in [7, 11) is 0. The number of aromatic nitrogens is 2. The quantitative estimate of drug-likeness (QED) is 0.419. The lowest BCUT2D eigenvalue weighted by Gasteiger charge is -2.19. The first-order chi connectivity index (χ1) is 16.7. The van der Waals surface area contributed by atoms with Crippen LogP contribution in [0, 0.1) is 5.82 Å². The summed E-state index contributed by atoms with van der Waals surface area (Å²) in [6.45, 7) is 1.57. The van der Waals surface area contributed by atoms with Crippen LogP contribution in [0.5, 0.6) is 0 Å². The van der Waals surface area contributed by atoms with Gasteiger partial charge in [0, 0.05) is 31.5 Å². The highest BCUT2D eigenvalue weighted by Gasteiger charge is 2.24. The van der Waals surface area contributed by atoms with Gasteiger partial charge < -0.3 is 15.5 Å². The van der Waals surface area contributed by atoms with Gasteiger partial charge in [-0.05, 0) is 41.3 Å². The molecular formula is C27H24FN5O. The Bertz CT molecular complexity index is 1290. The Morgan fingerprint density at radius 3 is 2.47 bits per heavy atom. The van der Waals surface area contributed by atoms with E-state index in [2.05, 4.69) is 32.7 Å². The predicted octanol–water partition coefficient (Wildman–Crippen LogP) is 4.85. The van der Waals surface area contributed by atoms with Crippen molar-refractivity contribution in [2.24, 2.45) is 0 Å². The van der Waals surface area contributed by atoms with Crippen molar-refractivity contribution in [1.82, 2.24) is 15.3 Å². The molecule has 5 rings (SSSR count). The van der Waals surface area contributed by atoms with Gasteiger partial charge >= 0.3 is 0 Å². The molecule has 6 nitrogen and oxygen atoms in total. The van der Waals surface area contributed by atoms with E-state index in [0.29, 0.717) is 30.4 Å². The zero-order chi connectivity index (χ0) is 23.3. The van der Waals surface area contributed by atoms with Gasteiger partial charge in [-0.3, -0.25) is 4.79 Å². The number of anilines is 3. The van der Waals surface area contributed by atoms with Crippen LogP contribution in [0.4, 0.5) is 21.8 Å². The first-order valence-electron chi connectivity index (χ1n) is 11.2. The molecule has 1 aliphatic heterocycles. The molecule has 2 N–H and O–H groups in total. The average molecular weight is 454 g/mol. The maximum Gasteiger partial charge on any atom is 0.256 e. The summed E-state index contributed by atoms with van der Waals surface area (Å²) < 4.78 is 13.3. The Morgan fingerprint density at radius 1 is 0.912 bits per heavy atom. The third-order valence-electron chi connectivity index (χ3n) is 5.82. The Hall–Kier alpha value is -4.26. The maximum absolute atomic E-state index is 13.3. The number of nitrogens with zero attached hydrogens (tertiary/aromatic N) is 3. The minimum absolute atomic E-state index is 0.265.